The lowest BCUT2D eigenvalue weighted by atomic mass is 9.83. The van der Waals surface area contributed by atoms with Gasteiger partial charge in [0.25, 0.3) is 0 Å². The van der Waals surface area contributed by atoms with Crippen molar-refractivity contribution < 1.29 is 29.3 Å². The van der Waals surface area contributed by atoms with Crippen LogP contribution in [0.15, 0.2) is 85.5 Å². The predicted molar refractivity (Wildman–Crippen MR) is 194 cm³/mol. The fourth-order valence-electron chi connectivity index (χ4n) is 6.46. The van der Waals surface area contributed by atoms with Crippen molar-refractivity contribution in [3.05, 3.63) is 96.6 Å². The number of nitrogens with zero attached hydrogens (tertiary/aromatic N) is 3. The Labute approximate surface area is 301 Å². The second-order valence-electron chi connectivity index (χ2n) is 14.0. The lowest BCUT2D eigenvalue weighted by Crippen LogP contribution is -2.50. The summed E-state index contributed by atoms with van der Waals surface area (Å²) in [5, 5.41) is 36.1. The standard InChI is InChI=1S/C39H54N6O6/c1-27(2)23-41-37(48)28(3)19-35(46)32(20-29-13-7-4-8-14-29)43-38(49)34(45-26-40-25-42-45)22-36(47)33(21-30-15-9-5-10-16-30)44-39(50)51-24-31-17-11-6-12-18-31/h5-6,9-12,15-18,25-27,29,32-36,46-47H,3-4,7-8,13-14,19-24H2,1-2H3,(H,41,48)(H,43,49)(H,44,50)/t32-,33-,34+,35-,36+/m0/s1. The Morgan fingerprint density at radius 2 is 1.59 bits per heavy atom. The number of hydrogen-bond donors (Lipinski definition) is 5. The van der Waals surface area contributed by atoms with Gasteiger partial charge in [0.05, 0.1) is 24.3 Å². The van der Waals surface area contributed by atoms with Gasteiger partial charge < -0.3 is 30.9 Å². The second kappa shape index (κ2) is 20.3. The Balaban J connectivity index is 1.50. The van der Waals surface area contributed by atoms with Gasteiger partial charge in [-0.25, -0.2) is 14.5 Å². The molecule has 5 atom stereocenters. The number of benzene rings is 2. The molecule has 5 N–H and O–H groups in total. The van der Waals surface area contributed by atoms with Crippen LogP contribution in [0.5, 0.6) is 0 Å². The third kappa shape index (κ3) is 13.3. The van der Waals surface area contributed by atoms with Gasteiger partial charge in [-0.1, -0.05) is 113 Å². The number of ether oxygens (including phenoxy) is 1. The summed E-state index contributed by atoms with van der Waals surface area (Å²) in [5.41, 5.74) is 1.93. The van der Waals surface area contributed by atoms with Gasteiger partial charge in [-0.3, -0.25) is 9.59 Å². The summed E-state index contributed by atoms with van der Waals surface area (Å²) >= 11 is 0. The van der Waals surface area contributed by atoms with Crippen LogP contribution in [-0.4, -0.2) is 73.7 Å². The van der Waals surface area contributed by atoms with Gasteiger partial charge in [0, 0.05) is 25.0 Å². The number of carbonyl (C=O) groups is 3. The number of rotatable bonds is 19. The van der Waals surface area contributed by atoms with Crippen LogP contribution in [-0.2, 0) is 27.4 Å². The molecule has 1 fully saturated rings. The largest absolute Gasteiger partial charge is 0.445 e. The van der Waals surface area contributed by atoms with Gasteiger partial charge >= 0.3 is 6.09 Å². The highest BCUT2D eigenvalue weighted by Crippen LogP contribution is 2.29. The highest BCUT2D eigenvalue weighted by Gasteiger charge is 2.34. The first kappa shape index (κ1) is 39.2. The van der Waals surface area contributed by atoms with Crippen molar-refractivity contribution in [2.24, 2.45) is 11.8 Å². The lowest BCUT2D eigenvalue weighted by molar-refractivity contribution is -0.127. The predicted octanol–water partition coefficient (Wildman–Crippen LogP) is 4.64. The molecule has 1 aromatic heterocycles. The highest BCUT2D eigenvalue weighted by atomic mass is 16.5. The molecule has 2 aromatic carbocycles. The lowest BCUT2D eigenvalue weighted by Gasteiger charge is -2.32. The van der Waals surface area contributed by atoms with Crippen LogP contribution < -0.4 is 16.0 Å². The van der Waals surface area contributed by atoms with Gasteiger partial charge in [-0.2, -0.15) is 5.10 Å². The fraction of sp³-hybridized carbons (Fsp3) is 0.513. The molecule has 1 heterocycles. The molecule has 0 aliphatic heterocycles. The van der Waals surface area contributed by atoms with Crippen molar-refractivity contribution in [3.63, 3.8) is 0 Å². The molecule has 4 rings (SSSR count). The van der Waals surface area contributed by atoms with Crippen molar-refractivity contribution >= 4 is 17.9 Å². The molecule has 0 saturated heterocycles. The summed E-state index contributed by atoms with van der Waals surface area (Å²) in [6, 6.07) is 16.2. The van der Waals surface area contributed by atoms with E-state index in [-0.39, 0.29) is 43.3 Å². The minimum absolute atomic E-state index is 0.00756. The molecule has 3 amide bonds. The molecule has 276 valence electrons. The van der Waals surface area contributed by atoms with E-state index in [0.717, 1.165) is 43.2 Å². The van der Waals surface area contributed by atoms with E-state index in [4.69, 9.17) is 4.74 Å². The summed E-state index contributed by atoms with van der Waals surface area (Å²) in [4.78, 5) is 43.9. The summed E-state index contributed by atoms with van der Waals surface area (Å²) in [7, 11) is 0. The van der Waals surface area contributed by atoms with Crippen molar-refractivity contribution in [2.75, 3.05) is 6.54 Å². The van der Waals surface area contributed by atoms with E-state index in [1.807, 2.05) is 74.5 Å². The Bertz CT molecular complexity index is 1500. The average molecular weight is 703 g/mol. The molecule has 0 radical (unpaired) electrons. The van der Waals surface area contributed by atoms with E-state index in [1.165, 1.54) is 17.3 Å². The monoisotopic (exact) mass is 702 g/mol. The molecule has 0 spiro atoms. The Kier molecular flexibility index (Phi) is 15.6. The number of aromatic nitrogens is 3. The minimum atomic E-state index is -1.21. The third-order valence-corrected chi connectivity index (χ3v) is 9.35. The molecule has 1 saturated carbocycles. The molecule has 12 nitrogen and oxygen atoms in total. The second-order valence-corrected chi connectivity index (χ2v) is 14.0. The zero-order valence-electron chi connectivity index (χ0n) is 29.8. The first-order valence-corrected chi connectivity index (χ1v) is 18.1. The summed E-state index contributed by atoms with van der Waals surface area (Å²) in [5.74, 6) is -0.234. The molecular formula is C39H54N6O6. The van der Waals surface area contributed by atoms with Crippen LogP contribution in [0.1, 0.15) is 82.4 Å². The zero-order valence-corrected chi connectivity index (χ0v) is 29.8. The van der Waals surface area contributed by atoms with Crippen LogP contribution >= 0.6 is 0 Å². The minimum Gasteiger partial charge on any atom is -0.445 e. The first-order valence-electron chi connectivity index (χ1n) is 18.1. The van der Waals surface area contributed by atoms with Crippen LogP contribution in [0.4, 0.5) is 4.79 Å². The molecule has 1 aliphatic carbocycles. The van der Waals surface area contributed by atoms with Crippen molar-refractivity contribution in [1.82, 2.24) is 30.7 Å². The van der Waals surface area contributed by atoms with Crippen LogP contribution in [0, 0.1) is 11.8 Å². The number of aliphatic hydroxyl groups excluding tert-OH is 2. The summed E-state index contributed by atoms with van der Waals surface area (Å²) < 4.78 is 6.84. The number of amides is 3. The summed E-state index contributed by atoms with van der Waals surface area (Å²) in [6.07, 6.45) is 5.73. The molecule has 12 heteroatoms. The molecule has 1 aliphatic rings. The van der Waals surface area contributed by atoms with Crippen molar-refractivity contribution in [1.29, 1.82) is 0 Å². The SMILES string of the molecule is C=C(C[C@H](O)[C@H](CC1CCCCC1)NC(=O)[C@@H](C[C@@H](O)[C@H](Cc1ccccc1)NC(=O)OCc1ccccc1)n1cncn1)C(=O)NCC(C)C. The zero-order chi connectivity index (χ0) is 36.6. The smallest absolute Gasteiger partial charge is 0.407 e. The van der Waals surface area contributed by atoms with Gasteiger partial charge in [0.2, 0.25) is 11.8 Å². The summed E-state index contributed by atoms with van der Waals surface area (Å²) in [6.45, 7) is 8.45. The molecule has 51 heavy (non-hydrogen) atoms. The van der Waals surface area contributed by atoms with Gasteiger partial charge in [0.1, 0.15) is 25.3 Å². The van der Waals surface area contributed by atoms with Crippen LogP contribution in [0.25, 0.3) is 0 Å². The van der Waals surface area contributed by atoms with Crippen LogP contribution in [0.3, 0.4) is 0 Å². The van der Waals surface area contributed by atoms with E-state index >= 15 is 0 Å². The van der Waals surface area contributed by atoms with E-state index < -0.39 is 42.3 Å². The molecular weight excluding hydrogens is 648 g/mol. The highest BCUT2D eigenvalue weighted by molar-refractivity contribution is 5.92. The average Bonchev–Trinajstić information content (AvgIpc) is 3.67. The van der Waals surface area contributed by atoms with E-state index in [0.29, 0.717) is 18.9 Å². The Morgan fingerprint density at radius 1 is 0.922 bits per heavy atom. The number of carbonyl (C=O) groups excluding carboxylic acids is 3. The Hall–Kier alpha value is -4.55. The van der Waals surface area contributed by atoms with E-state index in [1.54, 1.807) is 0 Å². The number of aliphatic hydroxyl groups is 2. The number of alkyl carbamates (subject to hydrolysis) is 1. The van der Waals surface area contributed by atoms with Crippen molar-refractivity contribution in [2.45, 2.75) is 109 Å². The Morgan fingerprint density at radius 3 is 2.22 bits per heavy atom. The van der Waals surface area contributed by atoms with Crippen LogP contribution in [0.2, 0.25) is 0 Å². The number of nitrogens with one attached hydrogen (secondary N) is 3. The van der Waals surface area contributed by atoms with Gasteiger partial charge in [-0.15, -0.1) is 0 Å². The maximum absolute atomic E-state index is 14.2. The van der Waals surface area contributed by atoms with E-state index in [9.17, 15) is 24.6 Å². The quantitative estimate of drug-likeness (QED) is 0.113. The third-order valence-electron chi connectivity index (χ3n) is 9.35. The maximum Gasteiger partial charge on any atom is 0.407 e. The molecule has 3 aromatic rings. The normalized spacial score (nSPS) is 16.3. The van der Waals surface area contributed by atoms with E-state index in [2.05, 4.69) is 32.6 Å². The maximum atomic E-state index is 14.2. The van der Waals surface area contributed by atoms with Crippen molar-refractivity contribution in [3.8, 4) is 0 Å². The van der Waals surface area contributed by atoms with Gasteiger partial charge in [-0.05, 0) is 35.8 Å². The van der Waals surface area contributed by atoms with Gasteiger partial charge in [0.15, 0.2) is 0 Å². The fourth-order valence-corrected chi connectivity index (χ4v) is 6.46. The molecule has 0 bridgehead atoms. The first-order chi connectivity index (χ1) is 24.6. The topological polar surface area (TPSA) is 168 Å². The number of hydrogen-bond acceptors (Lipinski definition) is 8. The molecule has 0 unspecified atom stereocenters.